The van der Waals surface area contributed by atoms with Gasteiger partial charge in [-0.3, -0.25) is 0 Å². The van der Waals surface area contributed by atoms with Crippen LogP contribution in [0.25, 0.3) is 0 Å². The monoisotopic (exact) mass is 324 g/mol. The fraction of sp³-hybridized carbons (Fsp3) is 0.500. The van der Waals surface area contributed by atoms with Gasteiger partial charge in [-0.15, -0.1) is 11.6 Å². The summed E-state index contributed by atoms with van der Waals surface area (Å²) in [5.74, 6) is -0.0892. The Morgan fingerprint density at radius 2 is 2.06 bits per heavy atom. The van der Waals surface area contributed by atoms with E-state index in [0.29, 0.717) is 10.0 Å². The van der Waals surface area contributed by atoms with E-state index >= 15 is 0 Å². The Kier molecular flexibility index (Phi) is 4.15. The molecule has 0 radical (unpaired) electrons. The third-order valence-electron chi connectivity index (χ3n) is 3.12. The quantitative estimate of drug-likeness (QED) is 0.472. The van der Waals surface area contributed by atoms with E-state index in [2.05, 4.69) is 15.9 Å². The zero-order chi connectivity index (χ0) is 11.7. The molecule has 1 saturated carbocycles. The highest BCUT2D eigenvalue weighted by Gasteiger charge is 2.25. The highest BCUT2D eigenvalue weighted by molar-refractivity contribution is 9.10. The molecule has 2 rings (SSSR count). The number of hydrogen-bond donors (Lipinski definition) is 0. The Bertz CT molecular complexity index is 395. The van der Waals surface area contributed by atoms with E-state index in [-0.39, 0.29) is 22.1 Å². The fourth-order valence-electron chi connectivity index (χ4n) is 2.27. The Hall–Kier alpha value is 0.210. The molecule has 1 aromatic rings. The van der Waals surface area contributed by atoms with Crippen molar-refractivity contribution < 1.29 is 4.39 Å². The van der Waals surface area contributed by atoms with Crippen molar-refractivity contribution in [1.82, 2.24) is 0 Å². The first-order chi connectivity index (χ1) is 7.59. The average Bonchev–Trinajstić information content (AvgIpc) is 2.26. The summed E-state index contributed by atoms with van der Waals surface area (Å²) in [6.07, 6.45) is 3.93. The van der Waals surface area contributed by atoms with Crippen LogP contribution in [-0.2, 0) is 0 Å². The molecule has 88 valence electrons. The standard InChI is InChI=1S/C12H12BrCl2F/c13-10-5-4-9(12(16)11(10)15)7-2-1-3-8(14)6-7/h4-5,7-8H,1-3,6H2. The second kappa shape index (κ2) is 5.24. The van der Waals surface area contributed by atoms with Gasteiger partial charge in [-0.2, -0.15) is 0 Å². The molecule has 1 aliphatic carbocycles. The first-order valence-corrected chi connectivity index (χ1v) is 6.97. The van der Waals surface area contributed by atoms with Gasteiger partial charge >= 0.3 is 0 Å². The van der Waals surface area contributed by atoms with Crippen LogP contribution < -0.4 is 0 Å². The molecule has 0 N–H and O–H groups in total. The summed E-state index contributed by atoms with van der Waals surface area (Å²) in [7, 11) is 0. The fourth-order valence-corrected chi connectivity index (χ4v) is 3.12. The molecule has 0 spiro atoms. The summed E-state index contributed by atoms with van der Waals surface area (Å²) in [4.78, 5) is 0. The predicted molar refractivity (Wildman–Crippen MR) is 70.0 cm³/mol. The number of halogens is 4. The lowest BCUT2D eigenvalue weighted by Crippen LogP contribution is -2.15. The average molecular weight is 326 g/mol. The first-order valence-electron chi connectivity index (χ1n) is 5.37. The normalized spacial score (nSPS) is 25.8. The SMILES string of the molecule is Fc1c(C2CCCC(Cl)C2)ccc(Br)c1Cl. The van der Waals surface area contributed by atoms with Crippen molar-refractivity contribution in [2.75, 3.05) is 0 Å². The second-order valence-electron chi connectivity index (χ2n) is 4.23. The van der Waals surface area contributed by atoms with Crippen molar-refractivity contribution in [2.24, 2.45) is 0 Å². The smallest absolute Gasteiger partial charge is 0.146 e. The van der Waals surface area contributed by atoms with Crippen LogP contribution in [0.15, 0.2) is 16.6 Å². The van der Waals surface area contributed by atoms with Crippen molar-refractivity contribution in [1.29, 1.82) is 0 Å². The minimum atomic E-state index is -0.299. The lowest BCUT2D eigenvalue weighted by molar-refractivity contribution is 0.435. The van der Waals surface area contributed by atoms with Crippen LogP contribution in [0.5, 0.6) is 0 Å². The van der Waals surface area contributed by atoms with Gasteiger partial charge in [0.2, 0.25) is 0 Å². The third-order valence-corrected chi connectivity index (χ3v) is 4.77. The highest BCUT2D eigenvalue weighted by atomic mass is 79.9. The van der Waals surface area contributed by atoms with E-state index in [4.69, 9.17) is 23.2 Å². The van der Waals surface area contributed by atoms with Gasteiger partial charge in [-0.1, -0.05) is 24.1 Å². The molecule has 4 heteroatoms. The van der Waals surface area contributed by atoms with Crippen molar-refractivity contribution in [2.45, 2.75) is 37.0 Å². The molecule has 1 aromatic carbocycles. The van der Waals surface area contributed by atoms with Crippen LogP contribution in [0.3, 0.4) is 0 Å². The van der Waals surface area contributed by atoms with Gasteiger partial charge in [0, 0.05) is 9.85 Å². The van der Waals surface area contributed by atoms with E-state index in [9.17, 15) is 4.39 Å². The van der Waals surface area contributed by atoms with Gasteiger partial charge in [0.25, 0.3) is 0 Å². The molecule has 0 amide bonds. The Labute approximate surface area is 113 Å². The second-order valence-corrected chi connectivity index (χ2v) is 6.07. The predicted octanol–water partition coefficient (Wildman–Crippen LogP) is 5.51. The van der Waals surface area contributed by atoms with Crippen molar-refractivity contribution in [3.05, 3.63) is 33.0 Å². The van der Waals surface area contributed by atoms with E-state index in [1.165, 1.54) is 0 Å². The summed E-state index contributed by atoms with van der Waals surface area (Å²) >= 11 is 15.2. The van der Waals surface area contributed by atoms with Crippen LogP contribution in [0.2, 0.25) is 5.02 Å². The van der Waals surface area contributed by atoms with Crippen LogP contribution in [0.1, 0.15) is 37.2 Å². The molecule has 2 atom stereocenters. The zero-order valence-corrected chi connectivity index (χ0v) is 11.7. The van der Waals surface area contributed by atoms with Gasteiger partial charge in [0.15, 0.2) is 0 Å². The lowest BCUT2D eigenvalue weighted by atomic mass is 9.83. The first kappa shape index (κ1) is 12.7. The number of rotatable bonds is 1. The largest absolute Gasteiger partial charge is 0.205 e. The van der Waals surface area contributed by atoms with E-state index < -0.39 is 0 Å². The van der Waals surface area contributed by atoms with Crippen molar-refractivity contribution in [3.8, 4) is 0 Å². The minimum absolute atomic E-state index is 0.167. The van der Waals surface area contributed by atoms with Crippen molar-refractivity contribution in [3.63, 3.8) is 0 Å². The molecule has 0 aliphatic heterocycles. The number of hydrogen-bond acceptors (Lipinski definition) is 0. The lowest BCUT2D eigenvalue weighted by Gasteiger charge is -2.26. The third kappa shape index (κ3) is 2.55. The molecule has 0 aromatic heterocycles. The van der Waals surface area contributed by atoms with Gasteiger partial charge in [0.05, 0.1) is 5.02 Å². The maximum Gasteiger partial charge on any atom is 0.146 e. The summed E-state index contributed by atoms with van der Waals surface area (Å²) in [6, 6.07) is 3.61. The van der Waals surface area contributed by atoms with E-state index in [1.54, 1.807) is 6.07 Å². The van der Waals surface area contributed by atoms with Crippen LogP contribution in [0.4, 0.5) is 4.39 Å². The van der Waals surface area contributed by atoms with Crippen LogP contribution >= 0.6 is 39.1 Å². The molecular formula is C12H12BrCl2F. The molecule has 1 aliphatic rings. The molecule has 0 bridgehead atoms. The summed E-state index contributed by atoms with van der Waals surface area (Å²) < 4.78 is 14.6. The highest BCUT2D eigenvalue weighted by Crippen LogP contribution is 2.39. The topological polar surface area (TPSA) is 0 Å². The molecule has 1 fully saturated rings. The zero-order valence-electron chi connectivity index (χ0n) is 8.65. The van der Waals surface area contributed by atoms with Crippen LogP contribution in [0, 0.1) is 5.82 Å². The van der Waals surface area contributed by atoms with Gasteiger partial charge in [-0.25, -0.2) is 4.39 Å². The van der Waals surface area contributed by atoms with Crippen molar-refractivity contribution >= 4 is 39.1 Å². The van der Waals surface area contributed by atoms with Gasteiger partial charge in [-0.05, 0) is 52.7 Å². The summed E-state index contributed by atoms with van der Waals surface area (Å²) in [6.45, 7) is 0. The maximum absolute atomic E-state index is 14.0. The van der Waals surface area contributed by atoms with Gasteiger partial charge < -0.3 is 0 Å². The van der Waals surface area contributed by atoms with Gasteiger partial charge in [0.1, 0.15) is 5.82 Å². The Morgan fingerprint density at radius 3 is 2.75 bits per heavy atom. The van der Waals surface area contributed by atoms with Crippen LogP contribution in [-0.4, -0.2) is 5.38 Å². The van der Waals surface area contributed by atoms with E-state index in [1.807, 2.05) is 6.07 Å². The minimum Gasteiger partial charge on any atom is -0.205 e. The molecular weight excluding hydrogens is 314 g/mol. The summed E-state index contributed by atoms with van der Waals surface area (Å²) in [5, 5.41) is 0.342. The molecule has 0 heterocycles. The number of benzene rings is 1. The summed E-state index contributed by atoms with van der Waals surface area (Å²) in [5.41, 5.74) is 0.707. The Morgan fingerprint density at radius 1 is 1.31 bits per heavy atom. The molecule has 2 unspecified atom stereocenters. The molecule has 0 saturated heterocycles. The molecule has 16 heavy (non-hydrogen) atoms. The van der Waals surface area contributed by atoms with E-state index in [0.717, 1.165) is 25.7 Å². The maximum atomic E-state index is 14.0. The Balaban J connectivity index is 2.29. The number of alkyl halides is 1. The molecule has 0 nitrogen and oxygen atoms in total.